The molecule has 158 valence electrons. The Morgan fingerprint density at radius 3 is 2.27 bits per heavy atom. The zero-order valence-electron chi connectivity index (χ0n) is 17.5. The van der Waals surface area contributed by atoms with Crippen LogP contribution in [0, 0.1) is 5.92 Å². The van der Waals surface area contributed by atoms with Crippen molar-refractivity contribution in [2.24, 2.45) is 5.92 Å². The normalized spacial score (nSPS) is 18.2. The summed E-state index contributed by atoms with van der Waals surface area (Å²) in [5.74, 6) is 1.76. The van der Waals surface area contributed by atoms with Crippen LogP contribution in [0.5, 0.6) is 17.2 Å². The lowest BCUT2D eigenvalue weighted by molar-refractivity contribution is -0.136. The highest BCUT2D eigenvalue weighted by atomic mass is 16.5. The first-order chi connectivity index (χ1) is 14.5. The van der Waals surface area contributed by atoms with Crippen molar-refractivity contribution in [3.8, 4) is 17.2 Å². The van der Waals surface area contributed by atoms with Crippen LogP contribution in [0.4, 0.5) is 5.69 Å². The molecule has 0 radical (unpaired) electrons. The molecule has 7 heteroatoms. The lowest BCUT2D eigenvalue weighted by Crippen LogP contribution is -2.40. The fourth-order valence-electron chi connectivity index (χ4n) is 4.21. The zero-order chi connectivity index (χ0) is 21.3. The minimum atomic E-state index is -0.332. The Bertz CT molecular complexity index is 957. The summed E-state index contributed by atoms with van der Waals surface area (Å²) < 4.78 is 16.0. The number of hydrogen-bond donors (Lipinski definition) is 0. The number of anilines is 1. The number of methoxy groups -OCH3 is 3. The fourth-order valence-corrected chi connectivity index (χ4v) is 4.21. The summed E-state index contributed by atoms with van der Waals surface area (Å²) in [6, 6.07) is 11.3. The van der Waals surface area contributed by atoms with E-state index in [0.717, 1.165) is 23.4 Å². The van der Waals surface area contributed by atoms with Gasteiger partial charge < -0.3 is 24.0 Å². The van der Waals surface area contributed by atoms with Gasteiger partial charge in [-0.2, -0.15) is 0 Å². The van der Waals surface area contributed by atoms with Crippen molar-refractivity contribution in [2.75, 3.05) is 39.3 Å². The van der Waals surface area contributed by atoms with Gasteiger partial charge in [0.25, 0.3) is 0 Å². The third-order valence-electron chi connectivity index (χ3n) is 5.89. The summed E-state index contributed by atoms with van der Waals surface area (Å²) >= 11 is 0. The number of carbonyl (C=O) groups excluding carboxylic acids is 2. The standard InChI is InChI=1S/C23H26N2O5/c1-28-19-6-4-18(5-7-19)25-14-17(12-22(25)26)23(27)24-9-8-15-10-20(29-2)21(30-3)11-16(15)13-24/h4-7,10-11,17H,8-9,12-14H2,1-3H3/t17-/m1/s1. The first-order valence-electron chi connectivity index (χ1n) is 10.0. The van der Waals surface area contributed by atoms with Crippen LogP contribution in [0.2, 0.25) is 0 Å². The number of ether oxygens (including phenoxy) is 3. The molecule has 4 rings (SSSR count). The largest absolute Gasteiger partial charge is 0.497 e. The number of nitrogens with zero attached hydrogens (tertiary/aromatic N) is 2. The predicted octanol–water partition coefficient (Wildman–Crippen LogP) is 2.65. The molecule has 2 aromatic rings. The molecule has 0 bridgehead atoms. The Hall–Kier alpha value is -3.22. The van der Waals surface area contributed by atoms with E-state index in [2.05, 4.69) is 0 Å². The van der Waals surface area contributed by atoms with Crippen molar-refractivity contribution in [2.45, 2.75) is 19.4 Å². The molecular weight excluding hydrogens is 384 g/mol. The van der Waals surface area contributed by atoms with Crippen molar-refractivity contribution in [1.29, 1.82) is 0 Å². The van der Waals surface area contributed by atoms with Crippen molar-refractivity contribution in [3.63, 3.8) is 0 Å². The van der Waals surface area contributed by atoms with Gasteiger partial charge in [-0.3, -0.25) is 9.59 Å². The van der Waals surface area contributed by atoms with Crippen molar-refractivity contribution in [1.82, 2.24) is 4.90 Å². The zero-order valence-corrected chi connectivity index (χ0v) is 17.5. The lowest BCUT2D eigenvalue weighted by Gasteiger charge is -2.31. The molecule has 30 heavy (non-hydrogen) atoms. The summed E-state index contributed by atoms with van der Waals surface area (Å²) in [5, 5.41) is 0. The van der Waals surface area contributed by atoms with Gasteiger partial charge in [0.1, 0.15) is 5.75 Å². The lowest BCUT2D eigenvalue weighted by atomic mass is 9.97. The molecule has 2 amide bonds. The van der Waals surface area contributed by atoms with Crippen LogP contribution in [-0.2, 0) is 22.6 Å². The Morgan fingerprint density at radius 2 is 1.63 bits per heavy atom. The number of hydrogen-bond acceptors (Lipinski definition) is 5. The fraction of sp³-hybridized carbons (Fsp3) is 0.391. The second-order valence-electron chi connectivity index (χ2n) is 7.59. The molecule has 0 saturated carbocycles. The van der Waals surface area contributed by atoms with Crippen LogP contribution >= 0.6 is 0 Å². The van der Waals surface area contributed by atoms with E-state index in [1.165, 1.54) is 5.56 Å². The van der Waals surface area contributed by atoms with E-state index in [9.17, 15) is 9.59 Å². The summed E-state index contributed by atoms with van der Waals surface area (Å²) in [6.07, 6.45) is 0.991. The second-order valence-corrected chi connectivity index (χ2v) is 7.59. The summed E-state index contributed by atoms with van der Waals surface area (Å²) in [7, 11) is 4.83. The van der Waals surface area contributed by atoms with E-state index in [1.54, 1.807) is 26.2 Å². The number of amides is 2. The van der Waals surface area contributed by atoms with Gasteiger partial charge in [0.2, 0.25) is 11.8 Å². The number of fused-ring (bicyclic) bond motifs is 1. The van der Waals surface area contributed by atoms with Crippen molar-refractivity contribution in [3.05, 3.63) is 47.5 Å². The molecule has 1 atom stereocenters. The molecule has 0 N–H and O–H groups in total. The first kappa shape index (κ1) is 20.1. The number of carbonyl (C=O) groups is 2. The third-order valence-corrected chi connectivity index (χ3v) is 5.89. The molecule has 0 unspecified atom stereocenters. The maximum Gasteiger partial charge on any atom is 0.228 e. The van der Waals surface area contributed by atoms with Crippen LogP contribution in [0.1, 0.15) is 17.5 Å². The SMILES string of the molecule is COc1ccc(N2C[C@H](C(=O)N3CCc4cc(OC)c(OC)cc4C3)CC2=O)cc1. The smallest absolute Gasteiger partial charge is 0.228 e. The molecule has 2 aliphatic rings. The van der Waals surface area contributed by atoms with E-state index in [4.69, 9.17) is 14.2 Å². The van der Waals surface area contributed by atoms with Crippen LogP contribution in [-0.4, -0.2) is 51.1 Å². The molecule has 0 aromatic heterocycles. The van der Waals surface area contributed by atoms with E-state index in [-0.39, 0.29) is 24.2 Å². The van der Waals surface area contributed by atoms with Crippen molar-refractivity contribution < 1.29 is 23.8 Å². The maximum absolute atomic E-state index is 13.2. The van der Waals surface area contributed by atoms with Crippen LogP contribution in [0.15, 0.2) is 36.4 Å². The monoisotopic (exact) mass is 410 g/mol. The van der Waals surface area contributed by atoms with E-state index >= 15 is 0 Å². The summed E-state index contributed by atoms with van der Waals surface area (Å²) in [6.45, 7) is 1.55. The summed E-state index contributed by atoms with van der Waals surface area (Å²) in [5.41, 5.74) is 3.01. The topological polar surface area (TPSA) is 68.3 Å². The second kappa shape index (κ2) is 8.26. The number of benzene rings is 2. The van der Waals surface area contributed by atoms with Gasteiger partial charge in [-0.1, -0.05) is 0 Å². The number of rotatable bonds is 5. The predicted molar refractivity (Wildman–Crippen MR) is 112 cm³/mol. The highest BCUT2D eigenvalue weighted by Crippen LogP contribution is 2.34. The molecule has 1 fully saturated rings. The van der Waals surface area contributed by atoms with Gasteiger partial charge in [-0.05, 0) is 53.9 Å². The van der Waals surface area contributed by atoms with E-state index in [0.29, 0.717) is 31.1 Å². The molecule has 2 heterocycles. The minimum Gasteiger partial charge on any atom is -0.497 e. The van der Waals surface area contributed by atoms with Gasteiger partial charge in [-0.25, -0.2) is 0 Å². The molecule has 0 spiro atoms. The average molecular weight is 410 g/mol. The van der Waals surface area contributed by atoms with Gasteiger partial charge in [-0.15, -0.1) is 0 Å². The minimum absolute atomic E-state index is 0.0256. The van der Waals surface area contributed by atoms with Crippen molar-refractivity contribution >= 4 is 17.5 Å². The Balaban J connectivity index is 1.47. The van der Waals surface area contributed by atoms with E-state index < -0.39 is 0 Å². The molecule has 2 aromatic carbocycles. The highest BCUT2D eigenvalue weighted by Gasteiger charge is 2.38. The first-order valence-corrected chi connectivity index (χ1v) is 10.0. The third kappa shape index (κ3) is 3.67. The Morgan fingerprint density at radius 1 is 0.967 bits per heavy atom. The molecule has 7 nitrogen and oxygen atoms in total. The van der Waals surface area contributed by atoms with Gasteiger partial charge in [0, 0.05) is 31.7 Å². The average Bonchev–Trinajstić information content (AvgIpc) is 3.18. The molecular formula is C23H26N2O5. The maximum atomic E-state index is 13.2. The molecule has 2 aliphatic heterocycles. The Labute approximate surface area is 176 Å². The highest BCUT2D eigenvalue weighted by molar-refractivity contribution is 6.00. The van der Waals surface area contributed by atoms with E-state index in [1.807, 2.05) is 41.3 Å². The van der Waals surface area contributed by atoms with Gasteiger partial charge in [0.05, 0.1) is 27.2 Å². The van der Waals surface area contributed by atoms with Crippen LogP contribution in [0.25, 0.3) is 0 Å². The molecule has 1 saturated heterocycles. The van der Waals surface area contributed by atoms with Gasteiger partial charge in [0.15, 0.2) is 11.5 Å². The molecule has 0 aliphatic carbocycles. The van der Waals surface area contributed by atoms with Crippen LogP contribution < -0.4 is 19.1 Å². The summed E-state index contributed by atoms with van der Waals surface area (Å²) in [4.78, 5) is 29.3. The van der Waals surface area contributed by atoms with Gasteiger partial charge >= 0.3 is 0 Å². The quantitative estimate of drug-likeness (QED) is 0.758. The Kier molecular flexibility index (Phi) is 5.53. The van der Waals surface area contributed by atoms with Crippen LogP contribution in [0.3, 0.4) is 0 Å².